The van der Waals surface area contributed by atoms with Gasteiger partial charge in [-0.3, -0.25) is 4.98 Å². The van der Waals surface area contributed by atoms with Gasteiger partial charge in [-0.15, -0.1) is 0 Å². The highest BCUT2D eigenvalue weighted by atomic mass is 79.9. The van der Waals surface area contributed by atoms with Gasteiger partial charge in [0.2, 0.25) is 0 Å². The van der Waals surface area contributed by atoms with Gasteiger partial charge in [0.15, 0.2) is 5.82 Å². The molecule has 0 radical (unpaired) electrons. The Morgan fingerprint density at radius 2 is 1.00 bits per heavy atom. The molecule has 0 N–H and O–H groups in total. The maximum absolute atomic E-state index is 4.95. The molecule has 0 aliphatic heterocycles. The van der Waals surface area contributed by atoms with Crippen molar-refractivity contribution in [2.45, 2.75) is 0 Å². The van der Waals surface area contributed by atoms with E-state index in [4.69, 9.17) is 9.97 Å². The molecule has 0 aliphatic carbocycles. The van der Waals surface area contributed by atoms with E-state index in [1.165, 1.54) is 5.56 Å². The molecule has 4 aromatic carbocycles. The van der Waals surface area contributed by atoms with Crippen LogP contribution in [0.15, 0.2) is 138 Å². The molecule has 6 aromatic rings. The predicted molar refractivity (Wildman–Crippen MR) is 155 cm³/mol. The van der Waals surface area contributed by atoms with Crippen molar-refractivity contribution in [1.29, 1.82) is 0 Å². The number of nitrogens with zero attached hydrogens (tertiary/aromatic N) is 3. The van der Waals surface area contributed by atoms with Crippen LogP contribution in [0.5, 0.6) is 0 Å². The molecule has 0 spiro atoms. The molecule has 37 heavy (non-hydrogen) atoms. The third-order valence-electron chi connectivity index (χ3n) is 6.27. The second-order valence-electron chi connectivity index (χ2n) is 8.73. The van der Waals surface area contributed by atoms with E-state index in [9.17, 15) is 0 Å². The fourth-order valence-electron chi connectivity index (χ4n) is 4.33. The molecule has 0 saturated heterocycles. The topological polar surface area (TPSA) is 38.7 Å². The van der Waals surface area contributed by atoms with Crippen LogP contribution in [-0.2, 0) is 0 Å². The van der Waals surface area contributed by atoms with Crippen molar-refractivity contribution in [2.75, 3.05) is 0 Å². The Hall–Kier alpha value is -4.41. The van der Waals surface area contributed by atoms with Gasteiger partial charge in [0, 0.05) is 33.6 Å². The molecular weight excluding hydrogens is 518 g/mol. The van der Waals surface area contributed by atoms with Crippen molar-refractivity contribution in [1.82, 2.24) is 15.0 Å². The second-order valence-corrected chi connectivity index (χ2v) is 9.65. The molecule has 0 atom stereocenters. The van der Waals surface area contributed by atoms with Gasteiger partial charge in [-0.1, -0.05) is 113 Å². The van der Waals surface area contributed by atoms with E-state index in [1.54, 1.807) is 6.20 Å². The van der Waals surface area contributed by atoms with Crippen molar-refractivity contribution >= 4 is 15.9 Å². The second kappa shape index (κ2) is 10.3. The summed E-state index contributed by atoms with van der Waals surface area (Å²) in [7, 11) is 0. The molecular formula is C33H22BrN3. The Kier molecular flexibility index (Phi) is 6.40. The van der Waals surface area contributed by atoms with Crippen molar-refractivity contribution in [3.63, 3.8) is 0 Å². The number of rotatable bonds is 5. The first-order valence-electron chi connectivity index (χ1n) is 12.0. The predicted octanol–water partition coefficient (Wildman–Crippen LogP) is 8.97. The fraction of sp³-hybridized carbons (Fsp3) is 0. The number of pyridine rings is 1. The van der Waals surface area contributed by atoms with Crippen LogP contribution >= 0.6 is 15.9 Å². The lowest BCUT2D eigenvalue weighted by molar-refractivity contribution is 1.18. The first-order chi connectivity index (χ1) is 18.2. The van der Waals surface area contributed by atoms with E-state index in [0.717, 1.165) is 49.2 Å². The van der Waals surface area contributed by atoms with Crippen LogP contribution in [0.2, 0.25) is 0 Å². The number of halogens is 1. The van der Waals surface area contributed by atoms with Gasteiger partial charge in [-0.25, -0.2) is 9.97 Å². The van der Waals surface area contributed by atoms with Crippen molar-refractivity contribution in [2.24, 2.45) is 0 Å². The van der Waals surface area contributed by atoms with Crippen LogP contribution in [0.25, 0.3) is 56.2 Å². The van der Waals surface area contributed by atoms with Crippen LogP contribution in [-0.4, -0.2) is 15.0 Å². The highest BCUT2D eigenvalue weighted by Crippen LogP contribution is 2.31. The van der Waals surface area contributed by atoms with Crippen molar-refractivity contribution in [3.05, 3.63) is 138 Å². The molecule has 0 saturated carbocycles. The minimum atomic E-state index is 0.709. The van der Waals surface area contributed by atoms with E-state index in [-0.39, 0.29) is 0 Å². The van der Waals surface area contributed by atoms with Crippen LogP contribution in [0.4, 0.5) is 0 Å². The third-order valence-corrected chi connectivity index (χ3v) is 6.77. The highest BCUT2D eigenvalue weighted by molar-refractivity contribution is 9.10. The Labute approximate surface area is 224 Å². The Morgan fingerprint density at radius 1 is 0.432 bits per heavy atom. The summed E-state index contributed by atoms with van der Waals surface area (Å²) < 4.78 is 1.07. The first kappa shape index (κ1) is 23.0. The smallest absolute Gasteiger partial charge is 0.160 e. The van der Waals surface area contributed by atoms with Crippen LogP contribution in [0, 0.1) is 0 Å². The molecule has 3 nitrogen and oxygen atoms in total. The Bertz CT molecular complexity index is 1650. The molecule has 0 unspecified atom stereocenters. The van der Waals surface area contributed by atoms with Gasteiger partial charge in [0.05, 0.1) is 11.4 Å². The molecule has 6 rings (SSSR count). The number of hydrogen-bond acceptors (Lipinski definition) is 3. The monoisotopic (exact) mass is 539 g/mol. The van der Waals surface area contributed by atoms with Crippen molar-refractivity contribution < 1.29 is 0 Å². The van der Waals surface area contributed by atoms with Gasteiger partial charge >= 0.3 is 0 Å². The lowest BCUT2D eigenvalue weighted by atomic mass is 10.0. The van der Waals surface area contributed by atoms with Crippen LogP contribution in [0.1, 0.15) is 0 Å². The first-order valence-corrected chi connectivity index (χ1v) is 12.8. The highest BCUT2D eigenvalue weighted by Gasteiger charge is 2.11. The standard InChI is InChI=1S/C33H22BrN3/c34-30-10-4-8-28(20-30)23-11-15-25(16-12-23)31-21-32(37-33(36-31)27-6-2-1-3-7-27)26-17-13-24(14-18-26)29-9-5-19-35-22-29/h1-22H. The summed E-state index contributed by atoms with van der Waals surface area (Å²) in [5.74, 6) is 0.709. The van der Waals surface area contributed by atoms with Crippen LogP contribution in [0.3, 0.4) is 0 Å². The average Bonchev–Trinajstić information content (AvgIpc) is 2.98. The van der Waals surface area contributed by atoms with E-state index < -0.39 is 0 Å². The third kappa shape index (κ3) is 5.11. The SMILES string of the molecule is Brc1cccc(-c2ccc(-c3cc(-c4ccc(-c5cccnc5)cc4)nc(-c4ccccc4)n3)cc2)c1. The van der Waals surface area contributed by atoms with E-state index >= 15 is 0 Å². The molecule has 0 fully saturated rings. The summed E-state index contributed by atoms with van der Waals surface area (Å²) in [5, 5.41) is 0. The molecule has 0 bridgehead atoms. The number of hydrogen-bond donors (Lipinski definition) is 0. The molecule has 2 aromatic heterocycles. The molecule has 4 heteroatoms. The summed E-state index contributed by atoms with van der Waals surface area (Å²) in [6, 6.07) is 41.5. The quantitative estimate of drug-likeness (QED) is 0.219. The lowest BCUT2D eigenvalue weighted by Crippen LogP contribution is -1.96. The maximum atomic E-state index is 4.95. The van der Waals surface area contributed by atoms with Crippen LogP contribution < -0.4 is 0 Å². The van der Waals surface area contributed by atoms with E-state index in [1.807, 2.05) is 48.7 Å². The number of benzene rings is 4. The average molecular weight is 540 g/mol. The van der Waals surface area contributed by atoms with E-state index in [2.05, 4.69) is 99.8 Å². The normalized spacial score (nSPS) is 10.8. The minimum absolute atomic E-state index is 0.709. The zero-order valence-electron chi connectivity index (χ0n) is 19.9. The van der Waals surface area contributed by atoms with Gasteiger partial charge in [-0.05, 0) is 46.5 Å². The summed E-state index contributed by atoms with van der Waals surface area (Å²) in [5.41, 5.74) is 9.40. The molecule has 176 valence electrons. The van der Waals surface area contributed by atoms with Gasteiger partial charge in [-0.2, -0.15) is 0 Å². The van der Waals surface area contributed by atoms with Gasteiger partial charge in [0.1, 0.15) is 0 Å². The van der Waals surface area contributed by atoms with Crippen molar-refractivity contribution in [3.8, 4) is 56.2 Å². The minimum Gasteiger partial charge on any atom is -0.264 e. The lowest BCUT2D eigenvalue weighted by Gasteiger charge is -2.11. The fourth-order valence-corrected chi connectivity index (χ4v) is 4.73. The molecule has 2 heterocycles. The molecule has 0 aliphatic rings. The summed E-state index contributed by atoms with van der Waals surface area (Å²) in [6.07, 6.45) is 3.67. The Morgan fingerprint density at radius 3 is 1.59 bits per heavy atom. The zero-order valence-corrected chi connectivity index (χ0v) is 21.5. The summed E-state index contributed by atoms with van der Waals surface area (Å²) in [6.45, 7) is 0. The maximum Gasteiger partial charge on any atom is 0.160 e. The van der Waals surface area contributed by atoms with Gasteiger partial charge in [0.25, 0.3) is 0 Å². The largest absolute Gasteiger partial charge is 0.264 e. The summed E-state index contributed by atoms with van der Waals surface area (Å²) >= 11 is 3.57. The van der Waals surface area contributed by atoms with E-state index in [0.29, 0.717) is 5.82 Å². The zero-order chi connectivity index (χ0) is 25.0. The van der Waals surface area contributed by atoms with Gasteiger partial charge < -0.3 is 0 Å². The number of aromatic nitrogens is 3. The summed E-state index contributed by atoms with van der Waals surface area (Å²) in [4.78, 5) is 14.1. The Balaban J connectivity index is 1.41. The molecule has 0 amide bonds.